The van der Waals surface area contributed by atoms with Gasteiger partial charge in [-0.25, -0.2) is 9.97 Å². The molecular formula is C47H34N2. The number of hydrogen-bond donors (Lipinski definition) is 0. The second-order valence-electron chi connectivity index (χ2n) is 13.4. The lowest BCUT2D eigenvalue weighted by Crippen LogP contribution is -2.18. The van der Waals surface area contributed by atoms with Crippen LogP contribution in [0.3, 0.4) is 0 Å². The van der Waals surface area contributed by atoms with Crippen molar-refractivity contribution in [2.24, 2.45) is 0 Å². The highest BCUT2D eigenvalue weighted by atomic mass is 14.9. The van der Waals surface area contributed by atoms with Crippen LogP contribution in [0, 0.1) is 0 Å². The molecule has 1 aliphatic rings. The van der Waals surface area contributed by atoms with Crippen LogP contribution in [-0.2, 0) is 5.41 Å². The van der Waals surface area contributed by atoms with Crippen LogP contribution in [0.4, 0.5) is 0 Å². The zero-order valence-corrected chi connectivity index (χ0v) is 27.6. The molecule has 0 amide bonds. The highest BCUT2D eigenvalue weighted by Gasteiger charge is 2.41. The summed E-state index contributed by atoms with van der Waals surface area (Å²) < 4.78 is 0. The molecular weight excluding hydrogens is 593 g/mol. The predicted molar refractivity (Wildman–Crippen MR) is 204 cm³/mol. The van der Waals surface area contributed by atoms with Gasteiger partial charge in [0.2, 0.25) is 0 Å². The van der Waals surface area contributed by atoms with E-state index in [1.807, 2.05) is 6.07 Å². The van der Waals surface area contributed by atoms with Crippen molar-refractivity contribution >= 4 is 10.8 Å². The number of benzene rings is 7. The van der Waals surface area contributed by atoms with Gasteiger partial charge in [0.25, 0.3) is 0 Å². The minimum Gasteiger partial charge on any atom is -0.231 e. The number of fused-ring (bicyclic) bond motifs is 5. The molecule has 2 heteroatoms. The molecule has 49 heavy (non-hydrogen) atoms. The normalized spacial score (nSPS) is 12.9. The van der Waals surface area contributed by atoms with Gasteiger partial charge >= 0.3 is 0 Å². The maximum Gasteiger partial charge on any atom is 0.160 e. The Morgan fingerprint density at radius 2 is 0.918 bits per heavy atom. The van der Waals surface area contributed by atoms with Crippen LogP contribution in [0.15, 0.2) is 170 Å². The van der Waals surface area contributed by atoms with E-state index in [-0.39, 0.29) is 5.41 Å². The second-order valence-corrected chi connectivity index (χ2v) is 13.4. The smallest absolute Gasteiger partial charge is 0.160 e. The fraction of sp³-hybridized carbons (Fsp3) is 0.0638. The Morgan fingerprint density at radius 3 is 1.61 bits per heavy atom. The lowest BCUT2D eigenvalue weighted by atomic mass is 9.82. The Hall–Kier alpha value is -6.12. The van der Waals surface area contributed by atoms with E-state index in [2.05, 4.69) is 178 Å². The second kappa shape index (κ2) is 11.5. The Bertz CT molecular complexity index is 2490. The van der Waals surface area contributed by atoms with Gasteiger partial charge in [-0.3, -0.25) is 0 Å². The molecule has 2 nitrogen and oxygen atoms in total. The van der Waals surface area contributed by atoms with Gasteiger partial charge in [0, 0.05) is 22.1 Å². The molecule has 0 N–H and O–H groups in total. The largest absolute Gasteiger partial charge is 0.231 e. The first-order valence-corrected chi connectivity index (χ1v) is 16.9. The van der Waals surface area contributed by atoms with Crippen LogP contribution in [-0.4, -0.2) is 9.97 Å². The molecule has 1 aromatic heterocycles. The molecule has 0 atom stereocenters. The maximum atomic E-state index is 5.35. The number of hydrogen-bond acceptors (Lipinski definition) is 2. The quantitative estimate of drug-likeness (QED) is 0.190. The van der Waals surface area contributed by atoms with Gasteiger partial charge in [-0.05, 0) is 67.4 Å². The molecule has 7 aromatic carbocycles. The zero-order valence-electron chi connectivity index (χ0n) is 27.6. The fourth-order valence-corrected chi connectivity index (χ4v) is 7.58. The third kappa shape index (κ3) is 4.96. The summed E-state index contributed by atoms with van der Waals surface area (Å²) in [7, 11) is 0. The molecule has 8 aromatic rings. The molecule has 1 aliphatic carbocycles. The van der Waals surface area contributed by atoms with Crippen molar-refractivity contribution in [2.45, 2.75) is 19.3 Å². The highest BCUT2D eigenvalue weighted by molar-refractivity contribution is 6.00. The van der Waals surface area contributed by atoms with Crippen molar-refractivity contribution in [3.05, 3.63) is 181 Å². The summed E-state index contributed by atoms with van der Waals surface area (Å²) in [5.41, 5.74) is 14.7. The van der Waals surface area contributed by atoms with Crippen molar-refractivity contribution < 1.29 is 0 Å². The lowest BCUT2D eigenvalue weighted by molar-refractivity contribution is 0.641. The zero-order chi connectivity index (χ0) is 33.0. The maximum absolute atomic E-state index is 5.35. The van der Waals surface area contributed by atoms with Crippen LogP contribution < -0.4 is 0 Å². The molecule has 0 saturated carbocycles. The van der Waals surface area contributed by atoms with Crippen LogP contribution >= 0.6 is 0 Å². The first-order chi connectivity index (χ1) is 24.0. The van der Waals surface area contributed by atoms with Crippen LogP contribution in [0.1, 0.15) is 25.1 Å². The Balaban J connectivity index is 1.18. The standard InChI is InChI=1S/C47H34N2/c1-47(2)43-40-22-10-9-15-34(40)27-28-41(43)42-44(48-46(49-45(42)47)35-16-7-4-8-17-35)39-21-12-20-38(30-39)37-19-11-18-36(29-37)33-25-23-32(24-26-33)31-13-5-3-6-14-31/h3-30H,1-2H3. The number of rotatable bonds is 5. The number of nitrogens with zero attached hydrogens (tertiary/aromatic N) is 2. The molecule has 0 fully saturated rings. The molecule has 0 spiro atoms. The van der Waals surface area contributed by atoms with Crippen LogP contribution in [0.25, 0.3) is 77.9 Å². The van der Waals surface area contributed by atoms with E-state index in [9.17, 15) is 0 Å². The van der Waals surface area contributed by atoms with Crippen molar-refractivity contribution in [2.75, 3.05) is 0 Å². The summed E-state index contributed by atoms with van der Waals surface area (Å²) in [6.07, 6.45) is 0. The number of aromatic nitrogens is 2. The topological polar surface area (TPSA) is 25.8 Å². The van der Waals surface area contributed by atoms with Crippen molar-refractivity contribution in [1.29, 1.82) is 0 Å². The average Bonchev–Trinajstić information content (AvgIpc) is 3.41. The molecule has 0 unspecified atom stereocenters. The molecule has 0 saturated heterocycles. The highest BCUT2D eigenvalue weighted by Crippen LogP contribution is 2.53. The van der Waals surface area contributed by atoms with E-state index in [4.69, 9.17) is 9.97 Å². The molecule has 232 valence electrons. The molecule has 0 aliphatic heterocycles. The van der Waals surface area contributed by atoms with Gasteiger partial charge in [-0.2, -0.15) is 0 Å². The van der Waals surface area contributed by atoms with Gasteiger partial charge in [-0.1, -0.05) is 172 Å². The van der Waals surface area contributed by atoms with Gasteiger partial charge in [0.15, 0.2) is 5.82 Å². The van der Waals surface area contributed by atoms with E-state index in [0.717, 1.165) is 39.5 Å². The molecule has 9 rings (SSSR count). The predicted octanol–water partition coefficient (Wildman–Crippen LogP) is 12.3. The third-order valence-corrected chi connectivity index (χ3v) is 10.0. The van der Waals surface area contributed by atoms with E-state index in [1.165, 1.54) is 49.7 Å². The monoisotopic (exact) mass is 626 g/mol. The minimum absolute atomic E-state index is 0.297. The van der Waals surface area contributed by atoms with Crippen molar-refractivity contribution in [1.82, 2.24) is 9.97 Å². The van der Waals surface area contributed by atoms with Crippen molar-refractivity contribution in [3.8, 4) is 67.2 Å². The van der Waals surface area contributed by atoms with Gasteiger partial charge in [0.1, 0.15) is 0 Å². The van der Waals surface area contributed by atoms with E-state index >= 15 is 0 Å². The first-order valence-electron chi connectivity index (χ1n) is 16.9. The van der Waals surface area contributed by atoms with Gasteiger partial charge in [0.05, 0.1) is 11.4 Å². The van der Waals surface area contributed by atoms with E-state index in [1.54, 1.807) is 0 Å². The summed E-state index contributed by atoms with van der Waals surface area (Å²) >= 11 is 0. The van der Waals surface area contributed by atoms with Crippen LogP contribution in [0.5, 0.6) is 0 Å². The average molecular weight is 627 g/mol. The Kier molecular flexibility index (Phi) is 6.84. The summed E-state index contributed by atoms with van der Waals surface area (Å²) in [6.45, 7) is 4.62. The van der Waals surface area contributed by atoms with Crippen molar-refractivity contribution in [3.63, 3.8) is 0 Å². The fourth-order valence-electron chi connectivity index (χ4n) is 7.58. The van der Waals surface area contributed by atoms with E-state index < -0.39 is 0 Å². The lowest BCUT2D eigenvalue weighted by Gasteiger charge is -2.22. The molecule has 0 bridgehead atoms. The third-order valence-electron chi connectivity index (χ3n) is 10.0. The Morgan fingerprint density at radius 1 is 0.408 bits per heavy atom. The summed E-state index contributed by atoms with van der Waals surface area (Å²) in [5, 5.41) is 2.52. The summed E-state index contributed by atoms with van der Waals surface area (Å²) in [4.78, 5) is 10.7. The summed E-state index contributed by atoms with van der Waals surface area (Å²) in [5.74, 6) is 0.755. The summed E-state index contributed by atoms with van der Waals surface area (Å²) in [6, 6.07) is 60.6. The minimum atomic E-state index is -0.297. The molecule has 1 heterocycles. The first kappa shape index (κ1) is 29.1. The SMILES string of the molecule is CC1(C)c2nc(-c3ccccc3)nc(-c3cccc(-c4cccc(-c5ccc(-c6ccccc6)cc5)c4)c3)c2-c2ccc3ccccc3c21. The Labute approximate surface area is 287 Å². The van der Waals surface area contributed by atoms with Gasteiger partial charge < -0.3 is 0 Å². The van der Waals surface area contributed by atoms with E-state index in [0.29, 0.717) is 0 Å². The molecule has 0 radical (unpaired) electrons. The van der Waals surface area contributed by atoms with Gasteiger partial charge in [-0.15, -0.1) is 0 Å². The van der Waals surface area contributed by atoms with Crippen LogP contribution in [0.2, 0.25) is 0 Å².